The van der Waals surface area contributed by atoms with Crippen LogP contribution in [-0.4, -0.2) is 13.3 Å². The number of rotatable bonds is 4. The van der Waals surface area contributed by atoms with Crippen molar-refractivity contribution in [1.82, 2.24) is 0 Å². The molecule has 2 nitrogen and oxygen atoms in total. The molecular formula is C15H13Cl2NO. The van der Waals surface area contributed by atoms with Crippen molar-refractivity contribution >= 4 is 35.2 Å². The first kappa shape index (κ1) is 13.9. The topological polar surface area (TPSA) is 29.1 Å². The number of carbonyl (C=O) groups is 1. The number of carbonyl (C=O) groups excluding carboxylic acids is 1. The maximum atomic E-state index is 11.5. The van der Waals surface area contributed by atoms with Crippen molar-refractivity contribution in [2.45, 2.75) is 5.92 Å². The predicted octanol–water partition coefficient (Wildman–Crippen LogP) is 4.37. The molecule has 0 amide bonds. The average molecular weight is 294 g/mol. The van der Waals surface area contributed by atoms with Gasteiger partial charge in [0.05, 0.1) is 16.0 Å². The van der Waals surface area contributed by atoms with Gasteiger partial charge in [-0.25, -0.2) is 0 Å². The van der Waals surface area contributed by atoms with Crippen LogP contribution in [0.1, 0.15) is 17.0 Å². The highest BCUT2D eigenvalue weighted by Crippen LogP contribution is 2.32. The lowest BCUT2D eigenvalue weighted by atomic mass is 9.91. The third kappa shape index (κ3) is 2.91. The Morgan fingerprint density at radius 1 is 1.11 bits per heavy atom. The Morgan fingerprint density at radius 3 is 2.47 bits per heavy atom. The normalized spacial score (nSPS) is 11.9. The fraction of sp³-hybridized carbons (Fsp3) is 0.133. The second-order valence-electron chi connectivity index (χ2n) is 4.12. The van der Waals surface area contributed by atoms with Gasteiger partial charge in [-0.3, -0.25) is 0 Å². The Labute approximate surface area is 122 Å². The van der Waals surface area contributed by atoms with Gasteiger partial charge in [-0.15, -0.1) is 0 Å². The first-order valence-electron chi connectivity index (χ1n) is 5.84. The molecule has 0 bridgehead atoms. The fourth-order valence-corrected chi connectivity index (χ4v) is 2.34. The predicted molar refractivity (Wildman–Crippen MR) is 80.4 cm³/mol. The largest absolute Gasteiger partial charge is 0.388 e. The van der Waals surface area contributed by atoms with Crippen molar-refractivity contribution in [3.8, 4) is 0 Å². The van der Waals surface area contributed by atoms with E-state index in [9.17, 15) is 4.79 Å². The van der Waals surface area contributed by atoms with Gasteiger partial charge in [-0.1, -0.05) is 47.5 Å². The van der Waals surface area contributed by atoms with Crippen LogP contribution < -0.4 is 5.32 Å². The molecule has 0 aliphatic carbocycles. The molecule has 0 saturated carbocycles. The zero-order valence-corrected chi connectivity index (χ0v) is 11.9. The number of aldehydes is 1. The van der Waals surface area contributed by atoms with Gasteiger partial charge < -0.3 is 10.1 Å². The summed E-state index contributed by atoms with van der Waals surface area (Å²) in [6.07, 6.45) is 0.912. The summed E-state index contributed by atoms with van der Waals surface area (Å²) < 4.78 is 0. The molecule has 0 fully saturated rings. The summed E-state index contributed by atoms with van der Waals surface area (Å²) >= 11 is 11.9. The lowest BCUT2D eigenvalue weighted by molar-refractivity contribution is -0.108. The molecule has 0 aromatic heterocycles. The minimum absolute atomic E-state index is 0.363. The highest BCUT2D eigenvalue weighted by Gasteiger charge is 2.17. The lowest BCUT2D eigenvalue weighted by Gasteiger charge is -2.16. The van der Waals surface area contributed by atoms with E-state index in [4.69, 9.17) is 23.2 Å². The SMILES string of the molecule is CNc1ccccc1C(C=O)c1ccc(Cl)c(Cl)c1. The molecule has 0 heterocycles. The van der Waals surface area contributed by atoms with Gasteiger partial charge in [0.2, 0.25) is 0 Å². The number of nitrogens with one attached hydrogen (secondary N) is 1. The monoisotopic (exact) mass is 293 g/mol. The summed E-state index contributed by atoms with van der Waals surface area (Å²) in [7, 11) is 1.83. The van der Waals surface area contributed by atoms with Gasteiger partial charge >= 0.3 is 0 Å². The lowest BCUT2D eigenvalue weighted by Crippen LogP contribution is -2.06. The van der Waals surface area contributed by atoms with Gasteiger partial charge in [0, 0.05) is 12.7 Å². The molecule has 2 aromatic rings. The van der Waals surface area contributed by atoms with E-state index < -0.39 is 0 Å². The van der Waals surface area contributed by atoms with E-state index in [1.165, 1.54) is 0 Å². The van der Waals surface area contributed by atoms with Crippen molar-refractivity contribution in [2.75, 3.05) is 12.4 Å². The number of para-hydroxylation sites is 1. The first-order valence-corrected chi connectivity index (χ1v) is 6.60. The Bertz CT molecular complexity index is 598. The summed E-state index contributed by atoms with van der Waals surface area (Å²) in [5, 5.41) is 4.02. The van der Waals surface area contributed by atoms with E-state index in [1.807, 2.05) is 37.4 Å². The van der Waals surface area contributed by atoms with E-state index in [0.29, 0.717) is 10.0 Å². The van der Waals surface area contributed by atoms with Crippen molar-refractivity contribution in [3.05, 3.63) is 63.6 Å². The molecular weight excluding hydrogens is 281 g/mol. The molecule has 0 spiro atoms. The number of anilines is 1. The van der Waals surface area contributed by atoms with Crippen molar-refractivity contribution in [3.63, 3.8) is 0 Å². The molecule has 0 aliphatic rings. The Balaban J connectivity index is 2.49. The molecule has 0 aliphatic heterocycles. The number of hydrogen-bond acceptors (Lipinski definition) is 2. The van der Waals surface area contributed by atoms with Gasteiger partial charge in [0.1, 0.15) is 6.29 Å². The zero-order chi connectivity index (χ0) is 13.8. The number of hydrogen-bond donors (Lipinski definition) is 1. The molecule has 2 rings (SSSR count). The van der Waals surface area contributed by atoms with Crippen molar-refractivity contribution in [1.29, 1.82) is 0 Å². The van der Waals surface area contributed by atoms with Gasteiger partial charge in [-0.2, -0.15) is 0 Å². The molecule has 1 unspecified atom stereocenters. The third-order valence-corrected chi connectivity index (χ3v) is 3.74. The Kier molecular flexibility index (Phi) is 4.46. The molecule has 19 heavy (non-hydrogen) atoms. The average Bonchev–Trinajstić information content (AvgIpc) is 2.44. The van der Waals surface area contributed by atoms with Gasteiger partial charge in [0.15, 0.2) is 0 Å². The van der Waals surface area contributed by atoms with Gasteiger partial charge in [-0.05, 0) is 29.3 Å². The first-order chi connectivity index (χ1) is 9.17. The van der Waals surface area contributed by atoms with E-state index >= 15 is 0 Å². The van der Waals surface area contributed by atoms with Crippen LogP contribution in [0.15, 0.2) is 42.5 Å². The van der Waals surface area contributed by atoms with Crippen LogP contribution in [0.3, 0.4) is 0 Å². The highest BCUT2D eigenvalue weighted by molar-refractivity contribution is 6.42. The number of halogens is 2. The Hall–Kier alpha value is -1.51. The Morgan fingerprint density at radius 2 is 1.84 bits per heavy atom. The van der Waals surface area contributed by atoms with Crippen LogP contribution in [0.4, 0.5) is 5.69 Å². The quantitative estimate of drug-likeness (QED) is 0.849. The van der Waals surface area contributed by atoms with Crippen LogP contribution >= 0.6 is 23.2 Å². The summed E-state index contributed by atoms with van der Waals surface area (Å²) in [6, 6.07) is 12.9. The minimum atomic E-state index is -0.363. The third-order valence-electron chi connectivity index (χ3n) is 3.00. The minimum Gasteiger partial charge on any atom is -0.388 e. The summed E-state index contributed by atoms with van der Waals surface area (Å²) in [5.41, 5.74) is 2.66. The second-order valence-corrected chi connectivity index (χ2v) is 4.94. The van der Waals surface area contributed by atoms with Crippen LogP contribution in [0.5, 0.6) is 0 Å². The fourth-order valence-electron chi connectivity index (χ4n) is 2.03. The molecule has 4 heteroatoms. The van der Waals surface area contributed by atoms with E-state index in [-0.39, 0.29) is 5.92 Å². The second kappa shape index (κ2) is 6.09. The molecule has 1 atom stereocenters. The van der Waals surface area contributed by atoms with E-state index in [1.54, 1.807) is 12.1 Å². The van der Waals surface area contributed by atoms with E-state index in [0.717, 1.165) is 23.1 Å². The molecule has 0 saturated heterocycles. The summed E-state index contributed by atoms with van der Waals surface area (Å²) in [6.45, 7) is 0. The van der Waals surface area contributed by atoms with Crippen LogP contribution in [0.2, 0.25) is 10.0 Å². The van der Waals surface area contributed by atoms with Crippen molar-refractivity contribution < 1.29 is 4.79 Å². The number of benzene rings is 2. The van der Waals surface area contributed by atoms with E-state index in [2.05, 4.69) is 5.32 Å². The molecule has 2 aromatic carbocycles. The maximum absolute atomic E-state index is 11.5. The smallest absolute Gasteiger partial charge is 0.131 e. The molecule has 98 valence electrons. The summed E-state index contributed by atoms with van der Waals surface area (Å²) in [5.74, 6) is -0.363. The highest BCUT2D eigenvalue weighted by atomic mass is 35.5. The molecule has 1 N–H and O–H groups in total. The van der Waals surface area contributed by atoms with Crippen LogP contribution in [0.25, 0.3) is 0 Å². The zero-order valence-electron chi connectivity index (χ0n) is 10.4. The standard InChI is InChI=1S/C15H13Cl2NO/c1-18-15-5-3-2-4-11(15)12(9-19)10-6-7-13(16)14(17)8-10/h2-9,12,18H,1H3. The maximum Gasteiger partial charge on any atom is 0.131 e. The van der Waals surface area contributed by atoms with Gasteiger partial charge in [0.25, 0.3) is 0 Å². The summed E-state index contributed by atoms with van der Waals surface area (Å²) in [4.78, 5) is 11.5. The van der Waals surface area contributed by atoms with Crippen LogP contribution in [0, 0.1) is 0 Å². The van der Waals surface area contributed by atoms with Crippen molar-refractivity contribution in [2.24, 2.45) is 0 Å². The molecule has 0 radical (unpaired) electrons. The van der Waals surface area contributed by atoms with Crippen LogP contribution in [-0.2, 0) is 4.79 Å².